The van der Waals surface area contributed by atoms with Crippen LogP contribution < -0.4 is 10.6 Å². The predicted octanol–water partition coefficient (Wildman–Crippen LogP) is 1.60. The summed E-state index contributed by atoms with van der Waals surface area (Å²) in [6.45, 7) is 7.79. The third-order valence-electron chi connectivity index (χ3n) is 3.58. The first-order chi connectivity index (χ1) is 8.65. The Morgan fingerprint density at radius 2 is 1.74 bits per heavy atom. The van der Waals surface area contributed by atoms with E-state index >= 15 is 0 Å². The molecule has 0 heterocycles. The number of carboxylic acid groups (broad SMARTS) is 1. The number of amides is 2. The number of carbonyl (C=O) groups is 2. The smallest absolute Gasteiger partial charge is 0.315 e. The van der Waals surface area contributed by atoms with E-state index < -0.39 is 16.9 Å². The summed E-state index contributed by atoms with van der Waals surface area (Å²) in [5.74, 6) is -0.946. The number of unbranched alkanes of at least 4 members (excludes halogenated alkanes) is 1. The van der Waals surface area contributed by atoms with Gasteiger partial charge in [-0.1, -0.05) is 0 Å². The fraction of sp³-hybridized carbons (Fsp3) is 0.846. The molecule has 0 aromatic carbocycles. The van der Waals surface area contributed by atoms with Crippen molar-refractivity contribution in [1.82, 2.24) is 10.6 Å². The number of ether oxygens (including phenoxy) is 1. The summed E-state index contributed by atoms with van der Waals surface area (Å²) < 4.78 is 4.91. The van der Waals surface area contributed by atoms with Crippen LogP contribution in [0, 0.1) is 5.41 Å². The number of aliphatic carboxylic acids is 1. The largest absolute Gasteiger partial charge is 0.481 e. The Labute approximate surface area is 114 Å². The second-order valence-corrected chi connectivity index (χ2v) is 5.64. The van der Waals surface area contributed by atoms with Gasteiger partial charge >= 0.3 is 12.0 Å². The van der Waals surface area contributed by atoms with Gasteiger partial charge in [-0.2, -0.15) is 0 Å². The second-order valence-electron chi connectivity index (χ2n) is 5.64. The zero-order valence-corrected chi connectivity index (χ0v) is 12.5. The maximum absolute atomic E-state index is 11.7. The van der Waals surface area contributed by atoms with Gasteiger partial charge in [0.2, 0.25) is 0 Å². The summed E-state index contributed by atoms with van der Waals surface area (Å²) in [7, 11) is 1.64. The van der Waals surface area contributed by atoms with Crippen molar-refractivity contribution in [3.05, 3.63) is 0 Å². The summed E-state index contributed by atoms with van der Waals surface area (Å²) in [5.41, 5.74) is -1.91. The number of nitrogens with one attached hydrogen (secondary N) is 2. The predicted molar refractivity (Wildman–Crippen MR) is 73.1 cm³/mol. The van der Waals surface area contributed by atoms with Crippen molar-refractivity contribution in [2.24, 2.45) is 5.41 Å². The van der Waals surface area contributed by atoms with E-state index in [0.717, 1.165) is 12.8 Å². The minimum Gasteiger partial charge on any atom is -0.481 e. The zero-order chi connectivity index (χ0) is 15.1. The molecule has 0 fully saturated rings. The standard InChI is InChI=1S/C13H26N2O4/c1-12(2,10(16)17)13(3,4)15-11(18)14-8-6-7-9-19-5/h6-9H2,1-5H3,(H,16,17)(H2,14,15,18). The van der Waals surface area contributed by atoms with Gasteiger partial charge in [-0.05, 0) is 40.5 Å². The highest BCUT2D eigenvalue weighted by molar-refractivity contribution is 5.79. The number of carbonyl (C=O) groups excluding carboxylic acids is 1. The van der Waals surface area contributed by atoms with Crippen LogP contribution in [-0.4, -0.2) is 42.9 Å². The maximum atomic E-state index is 11.7. The molecule has 19 heavy (non-hydrogen) atoms. The Bertz CT molecular complexity index is 314. The molecule has 0 saturated carbocycles. The highest BCUT2D eigenvalue weighted by Gasteiger charge is 2.44. The number of rotatable bonds is 8. The van der Waals surface area contributed by atoms with Crippen molar-refractivity contribution in [3.8, 4) is 0 Å². The molecule has 0 radical (unpaired) electrons. The molecule has 0 rings (SSSR count). The first-order valence-corrected chi connectivity index (χ1v) is 6.43. The van der Waals surface area contributed by atoms with Gasteiger partial charge in [-0.3, -0.25) is 4.79 Å². The van der Waals surface area contributed by atoms with Crippen LogP contribution in [0.4, 0.5) is 4.79 Å². The minimum atomic E-state index is -1.06. The molecule has 0 aliphatic rings. The fourth-order valence-corrected chi connectivity index (χ4v) is 1.32. The van der Waals surface area contributed by atoms with E-state index in [-0.39, 0.29) is 6.03 Å². The average Bonchev–Trinajstić information content (AvgIpc) is 2.27. The summed E-state index contributed by atoms with van der Waals surface area (Å²) in [6, 6.07) is -0.350. The summed E-state index contributed by atoms with van der Waals surface area (Å²) in [4.78, 5) is 22.9. The van der Waals surface area contributed by atoms with E-state index in [0.29, 0.717) is 13.2 Å². The Kier molecular flexibility index (Phi) is 6.83. The van der Waals surface area contributed by atoms with Crippen molar-refractivity contribution in [2.75, 3.05) is 20.3 Å². The van der Waals surface area contributed by atoms with Crippen LogP contribution in [0.1, 0.15) is 40.5 Å². The summed E-state index contributed by atoms with van der Waals surface area (Å²) >= 11 is 0. The average molecular weight is 274 g/mol. The van der Waals surface area contributed by atoms with Crippen molar-refractivity contribution in [1.29, 1.82) is 0 Å². The van der Waals surface area contributed by atoms with Crippen LogP contribution >= 0.6 is 0 Å². The van der Waals surface area contributed by atoms with Gasteiger partial charge in [0.05, 0.1) is 11.0 Å². The van der Waals surface area contributed by atoms with E-state index in [4.69, 9.17) is 4.74 Å². The molecule has 0 aromatic rings. The molecule has 0 aliphatic heterocycles. The lowest BCUT2D eigenvalue weighted by Crippen LogP contribution is -2.59. The van der Waals surface area contributed by atoms with Crippen LogP contribution in [0.5, 0.6) is 0 Å². The van der Waals surface area contributed by atoms with Crippen molar-refractivity contribution in [2.45, 2.75) is 46.1 Å². The van der Waals surface area contributed by atoms with E-state index in [1.807, 2.05) is 0 Å². The third-order valence-corrected chi connectivity index (χ3v) is 3.58. The lowest BCUT2D eigenvalue weighted by molar-refractivity contribution is -0.150. The molecular formula is C13H26N2O4. The molecule has 112 valence electrons. The first kappa shape index (κ1) is 17.7. The molecule has 2 amide bonds. The van der Waals surface area contributed by atoms with E-state index in [1.54, 1.807) is 34.8 Å². The van der Waals surface area contributed by atoms with Crippen LogP contribution in [0.15, 0.2) is 0 Å². The molecule has 0 atom stereocenters. The number of hydrogen-bond acceptors (Lipinski definition) is 3. The lowest BCUT2D eigenvalue weighted by atomic mass is 9.74. The normalized spacial score (nSPS) is 12.1. The Hall–Kier alpha value is -1.30. The fourth-order valence-electron chi connectivity index (χ4n) is 1.32. The Morgan fingerprint density at radius 1 is 1.16 bits per heavy atom. The molecule has 0 aliphatic carbocycles. The Balaban J connectivity index is 4.21. The van der Waals surface area contributed by atoms with Crippen molar-refractivity contribution >= 4 is 12.0 Å². The lowest BCUT2D eigenvalue weighted by Gasteiger charge is -2.38. The van der Waals surface area contributed by atoms with E-state index in [2.05, 4.69) is 10.6 Å². The number of carboxylic acids is 1. The van der Waals surface area contributed by atoms with Crippen LogP contribution in [0.2, 0.25) is 0 Å². The highest BCUT2D eigenvalue weighted by atomic mass is 16.5. The number of methoxy groups -OCH3 is 1. The minimum absolute atomic E-state index is 0.350. The molecule has 0 spiro atoms. The Morgan fingerprint density at radius 3 is 2.21 bits per heavy atom. The quantitative estimate of drug-likeness (QED) is 0.587. The molecule has 3 N–H and O–H groups in total. The van der Waals surface area contributed by atoms with E-state index in [1.165, 1.54) is 0 Å². The monoisotopic (exact) mass is 274 g/mol. The summed E-state index contributed by atoms with van der Waals surface area (Å²) in [5, 5.41) is 14.6. The molecule has 0 saturated heterocycles. The number of hydrogen-bond donors (Lipinski definition) is 3. The highest BCUT2D eigenvalue weighted by Crippen LogP contribution is 2.30. The van der Waals surface area contributed by atoms with E-state index in [9.17, 15) is 14.7 Å². The number of urea groups is 1. The van der Waals surface area contributed by atoms with Crippen molar-refractivity contribution in [3.63, 3.8) is 0 Å². The van der Waals surface area contributed by atoms with Crippen LogP contribution in [0.25, 0.3) is 0 Å². The molecular weight excluding hydrogens is 248 g/mol. The third kappa shape index (κ3) is 5.46. The SMILES string of the molecule is COCCCCNC(=O)NC(C)(C)C(C)(C)C(=O)O. The maximum Gasteiger partial charge on any atom is 0.315 e. The summed E-state index contributed by atoms with van der Waals surface area (Å²) in [6.07, 6.45) is 1.70. The molecule has 0 unspecified atom stereocenters. The van der Waals surface area contributed by atoms with Crippen LogP contribution in [-0.2, 0) is 9.53 Å². The second kappa shape index (κ2) is 7.33. The van der Waals surface area contributed by atoms with Gasteiger partial charge in [-0.15, -0.1) is 0 Å². The van der Waals surface area contributed by atoms with Crippen molar-refractivity contribution < 1.29 is 19.4 Å². The molecule has 6 heteroatoms. The van der Waals surface area contributed by atoms with Crippen LogP contribution in [0.3, 0.4) is 0 Å². The molecule has 0 aromatic heterocycles. The zero-order valence-electron chi connectivity index (χ0n) is 12.5. The van der Waals surface area contributed by atoms with Gasteiger partial charge < -0.3 is 20.5 Å². The first-order valence-electron chi connectivity index (χ1n) is 6.43. The van der Waals surface area contributed by atoms with Gasteiger partial charge in [0.15, 0.2) is 0 Å². The van der Waals surface area contributed by atoms with Gasteiger partial charge in [0, 0.05) is 20.3 Å². The van der Waals surface area contributed by atoms with Gasteiger partial charge in [0.25, 0.3) is 0 Å². The topological polar surface area (TPSA) is 87.7 Å². The van der Waals surface area contributed by atoms with Gasteiger partial charge in [-0.25, -0.2) is 4.79 Å². The van der Waals surface area contributed by atoms with Gasteiger partial charge in [0.1, 0.15) is 0 Å². The molecule has 0 bridgehead atoms. The molecule has 6 nitrogen and oxygen atoms in total.